The first-order valence-corrected chi connectivity index (χ1v) is 16.3. The van der Waals surface area contributed by atoms with Crippen molar-refractivity contribution in [2.75, 3.05) is 24.7 Å². The van der Waals surface area contributed by atoms with E-state index in [1.807, 2.05) is 6.07 Å². The Morgan fingerprint density at radius 2 is 1.86 bits per heavy atom. The van der Waals surface area contributed by atoms with Crippen LogP contribution in [0.2, 0.25) is 5.02 Å². The first-order chi connectivity index (χ1) is 20.8. The topological polar surface area (TPSA) is 149 Å². The molecule has 1 aromatic carbocycles. The summed E-state index contributed by atoms with van der Waals surface area (Å²) in [5, 5.41) is 30.9. The number of anilines is 1. The first kappa shape index (κ1) is 32.1. The van der Waals surface area contributed by atoms with Gasteiger partial charge >= 0.3 is 6.18 Å². The van der Waals surface area contributed by atoms with E-state index in [4.69, 9.17) is 11.6 Å². The Hall–Kier alpha value is -3.29. The number of alkyl halides is 3. The summed E-state index contributed by atoms with van der Waals surface area (Å²) in [5.74, 6) is 0.320. The van der Waals surface area contributed by atoms with Crippen molar-refractivity contribution in [2.24, 2.45) is 0 Å². The lowest BCUT2D eigenvalue weighted by atomic mass is 9.81. The van der Waals surface area contributed by atoms with Gasteiger partial charge in [-0.3, -0.25) is 0 Å². The number of nitrogens with one attached hydrogen (secondary N) is 2. The van der Waals surface area contributed by atoms with Gasteiger partial charge in [-0.1, -0.05) is 17.7 Å². The highest BCUT2D eigenvalue weighted by atomic mass is 35.5. The summed E-state index contributed by atoms with van der Waals surface area (Å²) in [6.07, 6.45) is 2.20. The lowest BCUT2D eigenvalue weighted by molar-refractivity contribution is -0.270. The lowest BCUT2D eigenvalue weighted by Gasteiger charge is -2.37. The molecule has 1 aliphatic heterocycles. The third kappa shape index (κ3) is 7.16. The zero-order valence-electron chi connectivity index (χ0n) is 23.8. The van der Waals surface area contributed by atoms with Crippen molar-refractivity contribution in [1.82, 2.24) is 29.4 Å². The van der Waals surface area contributed by atoms with Gasteiger partial charge in [0.25, 0.3) is 0 Å². The van der Waals surface area contributed by atoms with Gasteiger partial charge in [-0.25, -0.2) is 27.4 Å². The van der Waals surface area contributed by atoms with Crippen LogP contribution in [0.4, 0.5) is 19.1 Å². The van der Waals surface area contributed by atoms with Crippen LogP contribution in [0.3, 0.4) is 0 Å². The molecule has 0 unspecified atom stereocenters. The summed E-state index contributed by atoms with van der Waals surface area (Å²) in [5.41, 5.74) is 0.00638. The molecule has 0 bridgehead atoms. The van der Waals surface area contributed by atoms with E-state index in [1.165, 1.54) is 16.8 Å². The van der Waals surface area contributed by atoms with E-state index in [1.54, 1.807) is 29.2 Å². The van der Waals surface area contributed by atoms with Crippen LogP contribution < -0.4 is 10.6 Å². The Morgan fingerprint density at radius 1 is 1.16 bits per heavy atom. The fraction of sp³-hybridized carbons (Fsp3) is 0.500. The summed E-state index contributed by atoms with van der Waals surface area (Å²) < 4.78 is 65.8. The zero-order chi connectivity index (χ0) is 31.7. The molecule has 5 rings (SSSR count). The molecule has 0 spiro atoms. The second kappa shape index (κ2) is 12.6. The van der Waals surface area contributed by atoms with Gasteiger partial charge in [0.05, 0.1) is 40.6 Å². The molecule has 44 heavy (non-hydrogen) atoms. The molecular formula is C28H32ClF3N8O3S. The molecule has 236 valence electrons. The van der Waals surface area contributed by atoms with Gasteiger partial charge in [0.2, 0.25) is 16.0 Å². The van der Waals surface area contributed by atoms with E-state index in [9.17, 15) is 32.0 Å². The molecule has 0 radical (unpaired) electrons. The maximum atomic E-state index is 13.1. The number of aromatic nitrogens is 4. The van der Waals surface area contributed by atoms with Crippen LogP contribution in [-0.2, 0) is 16.6 Å². The molecule has 0 amide bonds. The first-order valence-electron chi connectivity index (χ1n) is 14.1. The molecule has 16 heteroatoms. The second-order valence-electron chi connectivity index (χ2n) is 11.3. The van der Waals surface area contributed by atoms with Gasteiger partial charge in [-0.15, -0.1) is 0 Å². The highest BCUT2D eigenvalue weighted by Gasteiger charge is 2.54. The maximum Gasteiger partial charge on any atom is 0.417 e. The lowest BCUT2D eigenvalue weighted by Crippen LogP contribution is -2.50. The van der Waals surface area contributed by atoms with Crippen molar-refractivity contribution in [3.05, 3.63) is 52.9 Å². The smallest absolute Gasteiger partial charge is 0.380 e. The molecule has 2 aliphatic rings. The monoisotopic (exact) mass is 652 g/mol. The Labute approximate surface area is 258 Å². The fourth-order valence-electron chi connectivity index (χ4n) is 5.54. The van der Waals surface area contributed by atoms with Crippen molar-refractivity contribution in [3.8, 4) is 23.0 Å². The highest BCUT2D eigenvalue weighted by molar-refractivity contribution is 7.88. The number of aliphatic hydroxyl groups is 1. The van der Waals surface area contributed by atoms with E-state index < -0.39 is 21.8 Å². The normalized spacial score (nSPS) is 22.1. The molecule has 1 saturated carbocycles. The molecule has 3 heterocycles. The van der Waals surface area contributed by atoms with E-state index in [0.717, 1.165) is 5.56 Å². The van der Waals surface area contributed by atoms with Crippen LogP contribution in [-0.4, -0.2) is 80.8 Å². The number of benzene rings is 1. The van der Waals surface area contributed by atoms with Gasteiger partial charge in [-0.2, -0.15) is 23.5 Å². The Morgan fingerprint density at radius 3 is 2.48 bits per heavy atom. The minimum atomic E-state index is -4.63. The zero-order valence-corrected chi connectivity index (χ0v) is 25.4. The molecule has 0 atom stereocenters. The average Bonchev–Trinajstić information content (AvgIpc) is 3.46. The van der Waals surface area contributed by atoms with Gasteiger partial charge < -0.3 is 15.7 Å². The number of hydrogen-bond donors (Lipinski definition) is 3. The summed E-state index contributed by atoms with van der Waals surface area (Å²) in [4.78, 5) is 8.82. The quantitative estimate of drug-likeness (QED) is 0.328. The third-order valence-electron chi connectivity index (χ3n) is 8.22. The average molecular weight is 653 g/mol. The van der Waals surface area contributed by atoms with Crippen molar-refractivity contribution in [1.29, 1.82) is 5.26 Å². The molecular weight excluding hydrogens is 621 g/mol. The number of piperidine rings is 1. The molecule has 1 aliphatic carbocycles. The molecule has 2 aromatic heterocycles. The largest absolute Gasteiger partial charge is 0.417 e. The van der Waals surface area contributed by atoms with Crippen LogP contribution >= 0.6 is 11.6 Å². The van der Waals surface area contributed by atoms with Gasteiger partial charge in [0.1, 0.15) is 6.07 Å². The standard InChI is InChI=1S/C28H32ClF3N8O3S/c1-44(42,43)39-10-6-22(7-11-39)37-26-35-15-19(13-33)25(38-26)20-16-36-40(17-20)24-3-2-18(12-23(24)29)14-34-21-4-8-27(41,9-5-21)28(30,31)32/h2-3,12,15-17,21-22,34,41H,4-11,14H2,1H3,(H,35,37,38). The molecule has 11 nitrogen and oxygen atoms in total. The third-order valence-corrected chi connectivity index (χ3v) is 9.82. The predicted octanol–water partition coefficient (Wildman–Crippen LogP) is 4.02. The summed E-state index contributed by atoms with van der Waals surface area (Å²) in [6.45, 7) is 1.19. The highest BCUT2D eigenvalue weighted by Crippen LogP contribution is 2.41. The van der Waals surface area contributed by atoms with E-state index in [0.29, 0.717) is 60.4 Å². The second-order valence-corrected chi connectivity index (χ2v) is 13.7. The van der Waals surface area contributed by atoms with E-state index >= 15 is 0 Å². The molecule has 1 saturated heterocycles. The van der Waals surface area contributed by atoms with Gasteiger partial charge in [0, 0.05) is 43.5 Å². The van der Waals surface area contributed by atoms with Crippen molar-refractivity contribution in [3.63, 3.8) is 0 Å². The molecule has 2 fully saturated rings. The van der Waals surface area contributed by atoms with Crippen LogP contribution in [0.25, 0.3) is 16.9 Å². The van der Waals surface area contributed by atoms with E-state index in [-0.39, 0.29) is 43.3 Å². The van der Waals surface area contributed by atoms with Crippen molar-refractivity contribution >= 4 is 27.6 Å². The Kier molecular flexibility index (Phi) is 9.20. The number of hydrogen-bond acceptors (Lipinski definition) is 9. The molecule has 3 N–H and O–H groups in total. The number of rotatable bonds is 8. The van der Waals surface area contributed by atoms with Crippen molar-refractivity contribution < 1.29 is 26.7 Å². The Balaban J connectivity index is 1.23. The van der Waals surface area contributed by atoms with Crippen LogP contribution in [0.1, 0.15) is 49.7 Å². The summed E-state index contributed by atoms with van der Waals surface area (Å²) in [6, 6.07) is 7.30. The van der Waals surface area contributed by atoms with Crippen LogP contribution in [0, 0.1) is 11.3 Å². The SMILES string of the molecule is CS(=O)(=O)N1CCC(Nc2ncc(C#N)c(-c3cnn(-c4ccc(CNC5CCC(O)(C(F)(F)F)CC5)cc4Cl)c3)n2)CC1. The number of nitrogens with zero attached hydrogens (tertiary/aromatic N) is 6. The van der Waals surface area contributed by atoms with E-state index in [2.05, 4.69) is 31.8 Å². The predicted molar refractivity (Wildman–Crippen MR) is 157 cm³/mol. The summed E-state index contributed by atoms with van der Waals surface area (Å²) in [7, 11) is -3.24. The van der Waals surface area contributed by atoms with Gasteiger partial charge in [0.15, 0.2) is 5.60 Å². The number of nitriles is 1. The van der Waals surface area contributed by atoms with Gasteiger partial charge in [-0.05, 0) is 56.2 Å². The maximum absolute atomic E-state index is 13.1. The van der Waals surface area contributed by atoms with Crippen LogP contribution in [0.5, 0.6) is 0 Å². The fourth-order valence-corrected chi connectivity index (χ4v) is 6.70. The number of sulfonamides is 1. The minimum absolute atomic E-state index is 0.0236. The Bertz CT molecular complexity index is 1640. The van der Waals surface area contributed by atoms with Crippen LogP contribution in [0.15, 0.2) is 36.8 Å². The number of halogens is 4. The van der Waals surface area contributed by atoms with Crippen molar-refractivity contribution in [2.45, 2.75) is 68.9 Å². The molecule has 3 aromatic rings. The minimum Gasteiger partial charge on any atom is -0.380 e. The summed E-state index contributed by atoms with van der Waals surface area (Å²) >= 11 is 6.58.